The first kappa shape index (κ1) is 10.5. The number of nitrogen functional groups attached to an aromatic ring is 1. The molecule has 2 nitrogen and oxygen atoms in total. The van der Waals surface area contributed by atoms with Crippen LogP contribution in [0.2, 0.25) is 0 Å². The first-order valence-electron chi connectivity index (χ1n) is 3.71. The van der Waals surface area contributed by atoms with Crippen LogP contribution in [0.4, 0.5) is 5.69 Å². The Morgan fingerprint density at radius 1 is 1.62 bits per heavy atom. The predicted molar refractivity (Wildman–Crippen MR) is 58.3 cm³/mol. The third-order valence-electron chi connectivity index (χ3n) is 1.77. The molecule has 0 fully saturated rings. The van der Waals surface area contributed by atoms with Crippen LogP contribution in [0.25, 0.3) is 0 Å². The number of benzene rings is 1. The number of nitrogens with two attached hydrogens (primary N) is 1. The highest BCUT2D eigenvalue weighted by Crippen LogP contribution is 2.24. The van der Waals surface area contributed by atoms with Crippen molar-refractivity contribution < 1.29 is 4.79 Å². The van der Waals surface area contributed by atoms with E-state index < -0.39 is 0 Å². The van der Waals surface area contributed by atoms with Crippen LogP contribution in [-0.4, -0.2) is 11.7 Å². The molecule has 0 aliphatic rings. The smallest absolute Gasteiger partial charge is 0.177 e. The van der Waals surface area contributed by atoms with Crippen molar-refractivity contribution in [1.29, 1.82) is 0 Å². The number of anilines is 1. The van der Waals surface area contributed by atoms with Crippen LogP contribution < -0.4 is 5.73 Å². The molecule has 1 rings (SSSR count). The Bertz CT molecular complexity index is 352. The molecule has 0 saturated carbocycles. The summed E-state index contributed by atoms with van der Waals surface area (Å²) in [6.45, 7) is 1.85. The van der Waals surface area contributed by atoms with E-state index in [2.05, 4.69) is 15.9 Å². The van der Waals surface area contributed by atoms with E-state index in [1.54, 1.807) is 6.07 Å². The van der Waals surface area contributed by atoms with Gasteiger partial charge in [0.05, 0.1) is 5.88 Å². The van der Waals surface area contributed by atoms with E-state index >= 15 is 0 Å². The van der Waals surface area contributed by atoms with Crippen molar-refractivity contribution in [3.63, 3.8) is 0 Å². The van der Waals surface area contributed by atoms with Gasteiger partial charge in [0.1, 0.15) is 0 Å². The number of rotatable bonds is 2. The summed E-state index contributed by atoms with van der Waals surface area (Å²) in [5.74, 6) is -0.111. The number of Topliss-reactive ketones (excluding diaryl/α,β-unsaturated/α-hetero) is 1. The van der Waals surface area contributed by atoms with Gasteiger partial charge in [0, 0.05) is 15.7 Å². The molecule has 0 radical (unpaired) electrons. The number of hydrogen-bond acceptors (Lipinski definition) is 2. The number of carbonyl (C=O) groups excluding carboxylic acids is 1. The molecule has 13 heavy (non-hydrogen) atoms. The largest absolute Gasteiger partial charge is 0.398 e. The molecule has 0 amide bonds. The monoisotopic (exact) mass is 261 g/mol. The van der Waals surface area contributed by atoms with E-state index in [-0.39, 0.29) is 11.7 Å². The summed E-state index contributed by atoms with van der Waals surface area (Å²) in [6.07, 6.45) is 0. The molecule has 0 bridgehead atoms. The van der Waals surface area contributed by atoms with Gasteiger partial charge in [-0.3, -0.25) is 4.79 Å². The molecule has 0 aromatic heterocycles. The number of aryl methyl sites for hydroxylation is 1. The summed E-state index contributed by atoms with van der Waals surface area (Å²) in [4.78, 5) is 11.3. The summed E-state index contributed by atoms with van der Waals surface area (Å²) >= 11 is 8.73. The zero-order chi connectivity index (χ0) is 10.0. The minimum atomic E-state index is -0.0987. The van der Waals surface area contributed by atoms with E-state index in [9.17, 15) is 4.79 Å². The lowest BCUT2D eigenvalue weighted by molar-refractivity contribution is 0.102. The van der Waals surface area contributed by atoms with Crippen molar-refractivity contribution in [2.24, 2.45) is 0 Å². The summed E-state index contributed by atoms with van der Waals surface area (Å²) in [6, 6.07) is 3.46. The lowest BCUT2D eigenvalue weighted by Crippen LogP contribution is -2.04. The first-order chi connectivity index (χ1) is 6.06. The number of ketones is 1. The number of alkyl halides is 1. The Labute approximate surface area is 90.2 Å². The van der Waals surface area contributed by atoms with E-state index in [0.717, 1.165) is 10.0 Å². The number of halogens is 2. The van der Waals surface area contributed by atoms with Crippen LogP contribution in [0, 0.1) is 6.92 Å². The average molecular weight is 263 g/mol. The van der Waals surface area contributed by atoms with Crippen LogP contribution in [0.15, 0.2) is 16.6 Å². The van der Waals surface area contributed by atoms with E-state index in [1.807, 2.05) is 13.0 Å². The van der Waals surface area contributed by atoms with Crippen molar-refractivity contribution in [2.45, 2.75) is 6.92 Å². The van der Waals surface area contributed by atoms with Gasteiger partial charge < -0.3 is 5.73 Å². The van der Waals surface area contributed by atoms with Gasteiger partial charge in [-0.1, -0.05) is 0 Å². The van der Waals surface area contributed by atoms with Crippen LogP contribution in [0.1, 0.15) is 15.9 Å². The topological polar surface area (TPSA) is 43.1 Å². The highest BCUT2D eigenvalue weighted by atomic mass is 79.9. The second kappa shape index (κ2) is 4.11. The standard InChI is InChI=1S/C9H9BrClNO/c1-5-2-7(10)8(12)3-6(5)9(13)4-11/h2-3H,4,12H2,1H3. The molecule has 0 atom stereocenters. The molecule has 4 heteroatoms. The third-order valence-corrected chi connectivity index (χ3v) is 2.69. The van der Waals surface area contributed by atoms with Gasteiger partial charge in [0.15, 0.2) is 5.78 Å². The highest BCUT2D eigenvalue weighted by molar-refractivity contribution is 9.10. The summed E-state index contributed by atoms with van der Waals surface area (Å²) in [5, 5.41) is 0. The molecule has 2 N–H and O–H groups in total. The Morgan fingerprint density at radius 3 is 2.77 bits per heavy atom. The SMILES string of the molecule is Cc1cc(Br)c(N)cc1C(=O)CCl. The maximum Gasteiger partial charge on any atom is 0.177 e. The van der Waals surface area contributed by atoms with Crippen LogP contribution in [-0.2, 0) is 0 Å². The van der Waals surface area contributed by atoms with Crippen LogP contribution in [0.5, 0.6) is 0 Å². The fraction of sp³-hybridized carbons (Fsp3) is 0.222. The molecule has 0 aliphatic carbocycles. The second-order valence-electron chi connectivity index (χ2n) is 2.75. The van der Waals surface area contributed by atoms with Gasteiger partial charge >= 0.3 is 0 Å². The average Bonchev–Trinajstić information content (AvgIpc) is 2.10. The predicted octanol–water partition coefficient (Wildman–Crippen LogP) is 2.76. The van der Waals surface area contributed by atoms with E-state index in [0.29, 0.717) is 11.3 Å². The van der Waals surface area contributed by atoms with E-state index in [4.69, 9.17) is 17.3 Å². The number of carbonyl (C=O) groups is 1. The van der Waals surface area contributed by atoms with Crippen molar-refractivity contribution >= 4 is 39.0 Å². The Hall–Kier alpha value is -0.540. The summed E-state index contributed by atoms with van der Waals surface area (Å²) in [7, 11) is 0. The number of hydrogen-bond donors (Lipinski definition) is 1. The molecule has 70 valence electrons. The molecule has 1 aromatic carbocycles. The van der Waals surface area contributed by atoms with Crippen molar-refractivity contribution in [2.75, 3.05) is 11.6 Å². The fourth-order valence-corrected chi connectivity index (χ4v) is 1.66. The van der Waals surface area contributed by atoms with Gasteiger partial charge in [-0.2, -0.15) is 0 Å². The molecule has 0 saturated heterocycles. The summed E-state index contributed by atoms with van der Waals surface area (Å²) in [5.41, 5.74) is 7.67. The van der Waals surface area contributed by atoms with Crippen molar-refractivity contribution in [1.82, 2.24) is 0 Å². The molecule has 0 heterocycles. The fourth-order valence-electron chi connectivity index (χ4n) is 1.06. The minimum Gasteiger partial charge on any atom is -0.398 e. The lowest BCUT2D eigenvalue weighted by atomic mass is 10.1. The molecule has 0 unspecified atom stereocenters. The maximum atomic E-state index is 11.3. The Kier molecular flexibility index (Phi) is 3.33. The van der Waals surface area contributed by atoms with Crippen molar-refractivity contribution in [3.05, 3.63) is 27.7 Å². The maximum absolute atomic E-state index is 11.3. The third kappa shape index (κ3) is 2.23. The summed E-state index contributed by atoms with van der Waals surface area (Å²) < 4.78 is 0.802. The minimum absolute atomic E-state index is 0.0120. The molecule has 1 aromatic rings. The molecule has 0 spiro atoms. The molecular formula is C9H9BrClNO. The van der Waals surface area contributed by atoms with Gasteiger partial charge in [-0.25, -0.2) is 0 Å². The Balaban J connectivity index is 3.23. The zero-order valence-corrected chi connectivity index (χ0v) is 9.45. The zero-order valence-electron chi connectivity index (χ0n) is 7.10. The van der Waals surface area contributed by atoms with Crippen LogP contribution >= 0.6 is 27.5 Å². The quantitative estimate of drug-likeness (QED) is 0.506. The normalized spacial score (nSPS) is 10.1. The van der Waals surface area contributed by atoms with Gasteiger partial charge in [0.25, 0.3) is 0 Å². The molecular weight excluding hydrogens is 253 g/mol. The molecule has 0 aliphatic heterocycles. The Morgan fingerprint density at radius 2 is 2.23 bits per heavy atom. The van der Waals surface area contributed by atoms with E-state index in [1.165, 1.54) is 0 Å². The lowest BCUT2D eigenvalue weighted by Gasteiger charge is -2.05. The second-order valence-corrected chi connectivity index (χ2v) is 3.87. The van der Waals surface area contributed by atoms with Gasteiger partial charge in [-0.15, -0.1) is 11.6 Å². The van der Waals surface area contributed by atoms with Gasteiger partial charge in [0.2, 0.25) is 0 Å². The van der Waals surface area contributed by atoms with Crippen molar-refractivity contribution in [3.8, 4) is 0 Å². The van der Waals surface area contributed by atoms with Gasteiger partial charge in [-0.05, 0) is 40.5 Å². The first-order valence-corrected chi connectivity index (χ1v) is 5.03. The van der Waals surface area contributed by atoms with Crippen LogP contribution in [0.3, 0.4) is 0 Å². The highest BCUT2D eigenvalue weighted by Gasteiger charge is 2.09.